The number of benzene rings is 2. The second kappa shape index (κ2) is 6.22. The third-order valence-electron chi connectivity index (χ3n) is 3.61. The third-order valence-corrected chi connectivity index (χ3v) is 4.60. The number of nitrogens with one attached hydrogen (secondary N) is 1. The van der Waals surface area contributed by atoms with E-state index in [-0.39, 0.29) is 5.91 Å². The maximum atomic E-state index is 12.0. The number of hydrogen-bond donors (Lipinski definition) is 2. The summed E-state index contributed by atoms with van der Waals surface area (Å²) in [6.45, 7) is 0. The molecule has 108 valence electrons. The fourth-order valence-electron chi connectivity index (χ4n) is 2.60. The molecule has 0 saturated heterocycles. The predicted octanol–water partition coefficient (Wildman–Crippen LogP) is 3.49. The highest BCUT2D eigenvalue weighted by Crippen LogP contribution is 2.25. The summed E-state index contributed by atoms with van der Waals surface area (Å²) in [5.74, 6) is 0.404. The molecule has 0 heterocycles. The molecule has 0 bridgehead atoms. The number of carbonyl (C=O) groups excluding carboxylic acids is 1. The van der Waals surface area contributed by atoms with Gasteiger partial charge in [-0.25, -0.2) is 0 Å². The van der Waals surface area contributed by atoms with Crippen LogP contribution < -0.4 is 11.1 Å². The van der Waals surface area contributed by atoms with Crippen molar-refractivity contribution in [2.75, 3.05) is 16.8 Å². The van der Waals surface area contributed by atoms with Crippen LogP contribution in [-0.4, -0.2) is 11.7 Å². The van der Waals surface area contributed by atoms with Crippen molar-refractivity contribution >= 4 is 29.0 Å². The number of aryl methyl sites for hydroxylation is 2. The monoisotopic (exact) mass is 298 g/mol. The van der Waals surface area contributed by atoms with E-state index in [1.807, 2.05) is 30.3 Å². The van der Waals surface area contributed by atoms with E-state index in [0.29, 0.717) is 5.75 Å². The predicted molar refractivity (Wildman–Crippen MR) is 88.7 cm³/mol. The fraction of sp³-hybridized carbons (Fsp3) is 0.235. The first-order valence-electron chi connectivity index (χ1n) is 7.11. The van der Waals surface area contributed by atoms with Crippen molar-refractivity contribution in [3.8, 4) is 0 Å². The van der Waals surface area contributed by atoms with Crippen LogP contribution in [0.3, 0.4) is 0 Å². The number of rotatable bonds is 4. The van der Waals surface area contributed by atoms with Crippen LogP contribution in [0.1, 0.15) is 17.5 Å². The SMILES string of the molecule is Nc1cccc(SCC(=O)Nc2ccc3c(c2)CCC3)c1. The molecule has 0 aliphatic heterocycles. The summed E-state index contributed by atoms with van der Waals surface area (Å²) >= 11 is 1.50. The lowest BCUT2D eigenvalue weighted by atomic mass is 10.1. The Morgan fingerprint density at radius 2 is 2.00 bits per heavy atom. The zero-order valence-corrected chi connectivity index (χ0v) is 12.6. The van der Waals surface area contributed by atoms with Gasteiger partial charge in [0.05, 0.1) is 5.75 Å². The highest BCUT2D eigenvalue weighted by Gasteiger charge is 2.11. The van der Waals surface area contributed by atoms with E-state index in [4.69, 9.17) is 5.73 Å². The lowest BCUT2D eigenvalue weighted by Crippen LogP contribution is -2.14. The molecule has 0 unspecified atom stereocenters. The van der Waals surface area contributed by atoms with E-state index in [9.17, 15) is 4.79 Å². The molecule has 21 heavy (non-hydrogen) atoms. The number of nitrogens with two attached hydrogens (primary N) is 1. The van der Waals surface area contributed by atoms with Gasteiger partial charge in [0.15, 0.2) is 0 Å². The van der Waals surface area contributed by atoms with Crippen LogP contribution in [0.2, 0.25) is 0 Å². The maximum absolute atomic E-state index is 12.0. The van der Waals surface area contributed by atoms with Crippen LogP contribution in [0, 0.1) is 0 Å². The second-order valence-electron chi connectivity index (χ2n) is 5.25. The Morgan fingerprint density at radius 1 is 1.14 bits per heavy atom. The van der Waals surface area contributed by atoms with Crippen molar-refractivity contribution in [1.29, 1.82) is 0 Å². The molecule has 3 rings (SSSR count). The molecule has 0 spiro atoms. The van der Waals surface area contributed by atoms with Gasteiger partial charge in [0, 0.05) is 16.3 Å². The van der Waals surface area contributed by atoms with Gasteiger partial charge in [0.2, 0.25) is 5.91 Å². The van der Waals surface area contributed by atoms with Crippen molar-refractivity contribution in [3.63, 3.8) is 0 Å². The second-order valence-corrected chi connectivity index (χ2v) is 6.30. The first-order chi connectivity index (χ1) is 10.2. The largest absolute Gasteiger partial charge is 0.399 e. The Bertz CT molecular complexity index is 670. The lowest BCUT2D eigenvalue weighted by Gasteiger charge is -2.07. The molecule has 4 heteroatoms. The molecule has 3 N–H and O–H groups in total. The molecule has 1 aliphatic rings. The molecule has 0 atom stereocenters. The average Bonchev–Trinajstić information content (AvgIpc) is 2.93. The number of thioether (sulfide) groups is 1. The van der Waals surface area contributed by atoms with Crippen molar-refractivity contribution in [1.82, 2.24) is 0 Å². The summed E-state index contributed by atoms with van der Waals surface area (Å²) in [4.78, 5) is 13.0. The van der Waals surface area contributed by atoms with Gasteiger partial charge in [-0.1, -0.05) is 12.1 Å². The fourth-order valence-corrected chi connectivity index (χ4v) is 3.36. The highest BCUT2D eigenvalue weighted by molar-refractivity contribution is 8.00. The minimum Gasteiger partial charge on any atom is -0.399 e. The van der Waals surface area contributed by atoms with Crippen LogP contribution in [0.15, 0.2) is 47.4 Å². The Kier molecular flexibility index (Phi) is 4.15. The van der Waals surface area contributed by atoms with Crippen molar-refractivity contribution in [3.05, 3.63) is 53.6 Å². The van der Waals surface area contributed by atoms with Gasteiger partial charge in [-0.3, -0.25) is 4.79 Å². The molecule has 2 aromatic carbocycles. The summed E-state index contributed by atoms with van der Waals surface area (Å²) in [7, 11) is 0. The van der Waals surface area contributed by atoms with E-state index in [0.717, 1.165) is 29.1 Å². The van der Waals surface area contributed by atoms with Gasteiger partial charge in [-0.2, -0.15) is 0 Å². The van der Waals surface area contributed by atoms with Crippen LogP contribution >= 0.6 is 11.8 Å². The zero-order valence-electron chi connectivity index (χ0n) is 11.8. The van der Waals surface area contributed by atoms with Gasteiger partial charge in [-0.05, 0) is 60.7 Å². The molecule has 1 aliphatic carbocycles. The number of carbonyl (C=O) groups is 1. The quantitative estimate of drug-likeness (QED) is 0.671. The van der Waals surface area contributed by atoms with E-state index in [1.165, 1.54) is 29.3 Å². The summed E-state index contributed by atoms with van der Waals surface area (Å²) < 4.78 is 0. The molecule has 3 nitrogen and oxygen atoms in total. The molecule has 0 aromatic heterocycles. The molecular formula is C17H18N2OS. The van der Waals surface area contributed by atoms with Gasteiger partial charge in [0.1, 0.15) is 0 Å². The van der Waals surface area contributed by atoms with E-state index in [2.05, 4.69) is 17.4 Å². The van der Waals surface area contributed by atoms with Crippen LogP contribution in [0.25, 0.3) is 0 Å². The van der Waals surface area contributed by atoms with Gasteiger partial charge in [0.25, 0.3) is 0 Å². The Labute approximate surface area is 128 Å². The zero-order chi connectivity index (χ0) is 14.7. The van der Waals surface area contributed by atoms with Gasteiger partial charge < -0.3 is 11.1 Å². The van der Waals surface area contributed by atoms with Crippen molar-refractivity contribution in [2.24, 2.45) is 0 Å². The van der Waals surface area contributed by atoms with E-state index >= 15 is 0 Å². The standard InChI is InChI=1S/C17H18N2OS/c18-14-5-2-6-16(10-14)21-11-17(20)19-15-8-7-12-3-1-4-13(12)9-15/h2,5-10H,1,3-4,11,18H2,(H,19,20). The first kappa shape index (κ1) is 14.0. The van der Waals surface area contributed by atoms with E-state index in [1.54, 1.807) is 0 Å². The average molecular weight is 298 g/mol. The summed E-state index contributed by atoms with van der Waals surface area (Å²) in [5.41, 5.74) is 10.1. The highest BCUT2D eigenvalue weighted by atomic mass is 32.2. The minimum atomic E-state index is 0.0142. The summed E-state index contributed by atoms with van der Waals surface area (Å²) in [5, 5.41) is 2.97. The number of nitrogen functional groups attached to an aromatic ring is 1. The maximum Gasteiger partial charge on any atom is 0.234 e. The minimum absolute atomic E-state index is 0.0142. The lowest BCUT2D eigenvalue weighted by molar-refractivity contribution is -0.113. The third kappa shape index (κ3) is 3.58. The Hall–Kier alpha value is -1.94. The normalized spacial score (nSPS) is 13.0. The first-order valence-corrected chi connectivity index (χ1v) is 8.09. The Morgan fingerprint density at radius 3 is 2.86 bits per heavy atom. The molecule has 2 aromatic rings. The summed E-state index contributed by atoms with van der Waals surface area (Å²) in [6.07, 6.45) is 3.50. The number of anilines is 2. The van der Waals surface area contributed by atoms with E-state index < -0.39 is 0 Å². The molecule has 1 amide bonds. The van der Waals surface area contributed by atoms with Gasteiger partial charge in [-0.15, -0.1) is 11.8 Å². The van der Waals surface area contributed by atoms with Crippen LogP contribution in [-0.2, 0) is 17.6 Å². The van der Waals surface area contributed by atoms with Crippen LogP contribution in [0.4, 0.5) is 11.4 Å². The smallest absolute Gasteiger partial charge is 0.234 e. The Balaban J connectivity index is 1.57. The molecule has 0 fully saturated rings. The number of fused-ring (bicyclic) bond motifs is 1. The van der Waals surface area contributed by atoms with Crippen LogP contribution in [0.5, 0.6) is 0 Å². The number of hydrogen-bond acceptors (Lipinski definition) is 3. The summed E-state index contributed by atoms with van der Waals surface area (Å²) in [6, 6.07) is 13.8. The van der Waals surface area contributed by atoms with Crippen molar-refractivity contribution in [2.45, 2.75) is 24.2 Å². The molecule has 0 radical (unpaired) electrons. The molecule has 0 saturated carbocycles. The number of amides is 1. The molecular weight excluding hydrogens is 280 g/mol. The topological polar surface area (TPSA) is 55.1 Å². The van der Waals surface area contributed by atoms with Gasteiger partial charge >= 0.3 is 0 Å². The van der Waals surface area contributed by atoms with Crippen molar-refractivity contribution < 1.29 is 4.79 Å².